The Balaban J connectivity index is 1.59. The minimum Gasteiger partial charge on any atom is -0.381 e. The quantitative estimate of drug-likeness (QED) is 0.560. The molecule has 0 bridgehead atoms. The molecule has 0 amide bonds. The molecule has 0 aliphatic carbocycles. The molecule has 2 atom stereocenters. The highest BCUT2D eigenvalue weighted by molar-refractivity contribution is 8.22. The van der Waals surface area contributed by atoms with Crippen molar-refractivity contribution in [1.82, 2.24) is 4.31 Å². The zero-order valence-electron chi connectivity index (χ0n) is 18.4. The first-order valence-electron chi connectivity index (χ1n) is 11.2. The molecular formula is C25H31FN2O3S. The molecule has 2 aromatic carbocycles. The van der Waals surface area contributed by atoms with Crippen molar-refractivity contribution in [2.45, 2.75) is 62.3 Å². The van der Waals surface area contributed by atoms with Gasteiger partial charge in [0.15, 0.2) is 0 Å². The van der Waals surface area contributed by atoms with E-state index in [9.17, 15) is 14.4 Å². The van der Waals surface area contributed by atoms with Crippen molar-refractivity contribution in [3.8, 4) is 6.07 Å². The Hall–Kier alpha value is -1.95. The van der Waals surface area contributed by atoms with Crippen LogP contribution < -0.4 is 0 Å². The summed E-state index contributed by atoms with van der Waals surface area (Å²) < 4.78 is 44.9. The second kappa shape index (κ2) is 9.50. The normalized spacial score (nSPS) is 26.2. The molecule has 7 heteroatoms. The van der Waals surface area contributed by atoms with Crippen molar-refractivity contribution in [1.29, 1.82) is 5.26 Å². The number of nitrogens with zero attached hydrogens (tertiary/aromatic N) is 2. The van der Waals surface area contributed by atoms with Gasteiger partial charge < -0.3 is 4.74 Å². The molecule has 2 aliphatic heterocycles. The van der Waals surface area contributed by atoms with Gasteiger partial charge in [0.25, 0.3) is 0 Å². The van der Waals surface area contributed by atoms with E-state index in [4.69, 9.17) is 4.74 Å². The lowest BCUT2D eigenvalue weighted by molar-refractivity contribution is 0.0514. The monoisotopic (exact) mass is 458 g/mol. The topological polar surface area (TPSA) is 76.7 Å². The fourth-order valence-corrected chi connectivity index (χ4v) is 7.31. The van der Waals surface area contributed by atoms with E-state index in [0.717, 1.165) is 17.5 Å². The summed E-state index contributed by atoms with van der Waals surface area (Å²) in [7, 11) is -3.13. The largest absolute Gasteiger partial charge is 0.381 e. The van der Waals surface area contributed by atoms with Gasteiger partial charge in [-0.15, -0.1) is 10.8 Å². The highest BCUT2D eigenvalue weighted by Gasteiger charge is 2.41. The van der Waals surface area contributed by atoms with Crippen molar-refractivity contribution in [2.24, 2.45) is 0 Å². The lowest BCUT2D eigenvalue weighted by Crippen LogP contribution is -2.41. The Morgan fingerprint density at radius 2 is 1.88 bits per heavy atom. The van der Waals surface area contributed by atoms with Crippen LogP contribution in [0.2, 0.25) is 0 Å². The van der Waals surface area contributed by atoms with Gasteiger partial charge in [-0.05, 0) is 49.8 Å². The number of ether oxygens (including phenoxy) is 1. The van der Waals surface area contributed by atoms with Gasteiger partial charge in [0.1, 0.15) is 5.82 Å². The minimum absolute atomic E-state index is 0.0699. The van der Waals surface area contributed by atoms with Gasteiger partial charge >= 0.3 is 0 Å². The molecule has 2 N–H and O–H groups in total. The first kappa shape index (κ1) is 23.2. The van der Waals surface area contributed by atoms with Crippen LogP contribution in [0.3, 0.4) is 0 Å². The summed E-state index contributed by atoms with van der Waals surface area (Å²) in [6, 6.07) is 16.9. The van der Waals surface area contributed by atoms with Gasteiger partial charge in [0.05, 0.1) is 11.3 Å². The maximum atomic E-state index is 15.3. The fourth-order valence-electron chi connectivity index (χ4n) is 5.05. The number of hydrogen-bond donors (Lipinski definition) is 2. The molecule has 2 heterocycles. The molecule has 2 fully saturated rings. The highest BCUT2D eigenvalue weighted by Crippen LogP contribution is 2.63. The van der Waals surface area contributed by atoms with Crippen molar-refractivity contribution in [3.05, 3.63) is 71.0 Å². The van der Waals surface area contributed by atoms with E-state index in [1.54, 1.807) is 10.4 Å². The average molecular weight is 459 g/mol. The average Bonchev–Trinajstić information content (AvgIpc) is 2.78. The molecule has 0 radical (unpaired) electrons. The van der Waals surface area contributed by atoms with Crippen molar-refractivity contribution < 1.29 is 18.2 Å². The van der Waals surface area contributed by atoms with Gasteiger partial charge in [-0.2, -0.15) is 9.57 Å². The summed E-state index contributed by atoms with van der Waals surface area (Å²) in [6.45, 7) is 3.23. The Labute approximate surface area is 191 Å². The van der Waals surface area contributed by atoms with E-state index >= 15 is 4.39 Å². The Bertz CT molecular complexity index is 973. The Morgan fingerprint density at radius 3 is 2.53 bits per heavy atom. The first-order chi connectivity index (χ1) is 15.4. The summed E-state index contributed by atoms with van der Waals surface area (Å²) >= 11 is 0. The summed E-state index contributed by atoms with van der Waals surface area (Å²) in [4.78, 5) is 0. The van der Waals surface area contributed by atoms with Gasteiger partial charge in [0.2, 0.25) is 0 Å². The zero-order valence-corrected chi connectivity index (χ0v) is 19.2. The zero-order chi connectivity index (χ0) is 22.8. The minimum atomic E-state index is -3.13. The van der Waals surface area contributed by atoms with Crippen LogP contribution in [-0.2, 0) is 16.7 Å². The van der Waals surface area contributed by atoms with Crippen molar-refractivity contribution in [3.63, 3.8) is 0 Å². The van der Waals surface area contributed by atoms with Crippen LogP contribution in [0.15, 0.2) is 48.5 Å². The van der Waals surface area contributed by atoms with Gasteiger partial charge in [-0.3, -0.25) is 9.11 Å². The predicted octanol–water partition coefficient (Wildman–Crippen LogP) is 6.18. The van der Waals surface area contributed by atoms with E-state index < -0.39 is 10.8 Å². The third-order valence-electron chi connectivity index (χ3n) is 7.10. The molecule has 2 saturated heterocycles. The number of benzene rings is 2. The third-order valence-corrected chi connectivity index (χ3v) is 9.55. The maximum absolute atomic E-state index is 15.3. The van der Waals surface area contributed by atoms with Gasteiger partial charge in [0, 0.05) is 43.2 Å². The predicted molar refractivity (Wildman–Crippen MR) is 125 cm³/mol. The molecule has 0 unspecified atom stereocenters. The van der Waals surface area contributed by atoms with Crippen LogP contribution in [0.1, 0.15) is 61.0 Å². The molecule has 32 heavy (non-hydrogen) atoms. The SMILES string of the molecule is C[C@H]1CC[C@H](c2ccccc2)S(O)(O)N1Cc1ccc(C2(CC#N)CCOCC2)cc1F. The smallest absolute Gasteiger partial charge is 0.128 e. The second-order valence-corrected chi connectivity index (χ2v) is 11.2. The van der Waals surface area contributed by atoms with Crippen LogP contribution in [0.5, 0.6) is 0 Å². The van der Waals surface area contributed by atoms with Crippen LogP contribution in [0.25, 0.3) is 0 Å². The Morgan fingerprint density at radius 1 is 1.16 bits per heavy atom. The van der Waals surface area contributed by atoms with Crippen LogP contribution in [-0.4, -0.2) is 32.7 Å². The van der Waals surface area contributed by atoms with Gasteiger partial charge in [-0.1, -0.05) is 42.5 Å². The molecule has 0 aromatic heterocycles. The lowest BCUT2D eigenvalue weighted by Gasteiger charge is -2.54. The standard InChI is InChI=1S/C25H31FN2O3S/c1-19-7-10-24(20-5-3-2-4-6-20)32(29,30)28(19)18-21-8-9-22(17-23(21)26)25(11-14-27)12-15-31-16-13-25/h2-6,8-9,17,19,24,29-30H,7,10-13,15-16,18H2,1H3/t19-,24+/m0/s1. The molecule has 2 aliphatic rings. The second-order valence-electron chi connectivity index (χ2n) is 9.00. The fraction of sp³-hybridized carbons (Fsp3) is 0.480. The van der Waals surface area contributed by atoms with Crippen LogP contribution >= 0.6 is 10.8 Å². The summed E-state index contributed by atoms with van der Waals surface area (Å²) in [5.74, 6) is -0.365. The molecule has 2 aromatic rings. The summed E-state index contributed by atoms with van der Waals surface area (Å²) in [5.41, 5.74) is 1.78. The van der Waals surface area contributed by atoms with Crippen LogP contribution in [0, 0.1) is 17.1 Å². The maximum Gasteiger partial charge on any atom is 0.128 e. The molecule has 4 rings (SSSR count). The lowest BCUT2D eigenvalue weighted by atomic mass is 9.72. The van der Waals surface area contributed by atoms with E-state index in [2.05, 4.69) is 6.07 Å². The molecule has 0 spiro atoms. The number of hydrogen-bond acceptors (Lipinski definition) is 5. The molecule has 5 nitrogen and oxygen atoms in total. The molecular weight excluding hydrogens is 427 g/mol. The van der Waals surface area contributed by atoms with Crippen LogP contribution in [0.4, 0.5) is 4.39 Å². The van der Waals surface area contributed by atoms with E-state index in [1.807, 2.05) is 43.3 Å². The van der Waals surface area contributed by atoms with Gasteiger partial charge in [-0.25, -0.2) is 4.39 Å². The first-order valence-corrected chi connectivity index (χ1v) is 12.8. The highest BCUT2D eigenvalue weighted by atomic mass is 32.3. The molecule has 172 valence electrons. The van der Waals surface area contributed by atoms with E-state index in [0.29, 0.717) is 44.5 Å². The van der Waals surface area contributed by atoms with E-state index in [-0.39, 0.29) is 29.1 Å². The van der Waals surface area contributed by atoms with Crippen molar-refractivity contribution in [2.75, 3.05) is 13.2 Å². The number of nitriles is 1. The molecule has 0 saturated carbocycles. The third kappa shape index (κ3) is 4.43. The number of rotatable bonds is 5. The Kier molecular flexibility index (Phi) is 6.89. The summed E-state index contributed by atoms with van der Waals surface area (Å²) in [6.07, 6.45) is 3.21. The number of halogens is 1. The summed E-state index contributed by atoms with van der Waals surface area (Å²) in [5, 5.41) is 8.96. The van der Waals surface area contributed by atoms with Crippen molar-refractivity contribution >= 4 is 10.8 Å². The van der Waals surface area contributed by atoms with E-state index in [1.165, 1.54) is 6.07 Å².